The van der Waals surface area contributed by atoms with Gasteiger partial charge in [0.2, 0.25) is 0 Å². The maximum atomic E-state index is 12.8. The molecule has 4 aromatic rings. The van der Waals surface area contributed by atoms with Crippen molar-refractivity contribution in [1.29, 1.82) is 0 Å². The minimum Gasteiger partial charge on any atom is -0.295 e. The zero-order valence-corrected chi connectivity index (χ0v) is 27.4. The molecule has 1 aromatic heterocycles. The molecular formula is C36H41N5O3S. The molecule has 1 N–H and O–H groups in total. The van der Waals surface area contributed by atoms with Crippen LogP contribution < -0.4 is 4.72 Å². The summed E-state index contributed by atoms with van der Waals surface area (Å²) in [5, 5.41) is 8.54. The molecular weight excluding hydrogens is 582 g/mol. The number of benzene rings is 3. The Morgan fingerprint density at radius 1 is 0.867 bits per heavy atom. The van der Waals surface area contributed by atoms with Gasteiger partial charge in [-0.2, -0.15) is 5.11 Å². The van der Waals surface area contributed by atoms with Crippen LogP contribution in [0.2, 0.25) is 0 Å². The second-order valence-corrected chi connectivity index (χ2v) is 14.3. The first-order valence-corrected chi connectivity index (χ1v) is 16.9. The van der Waals surface area contributed by atoms with Crippen LogP contribution in [0.15, 0.2) is 106 Å². The topological polar surface area (TPSA) is 104 Å². The number of sulfonamides is 1. The van der Waals surface area contributed by atoms with E-state index in [4.69, 9.17) is 0 Å². The molecule has 0 bridgehead atoms. The van der Waals surface area contributed by atoms with Crippen LogP contribution in [0.3, 0.4) is 0 Å². The molecule has 9 heteroatoms. The molecule has 1 aliphatic heterocycles. The Labute approximate surface area is 266 Å². The molecule has 1 unspecified atom stereocenters. The molecule has 1 atom stereocenters. The highest BCUT2D eigenvalue weighted by Crippen LogP contribution is 2.35. The molecule has 0 fully saturated rings. The molecule has 2 heterocycles. The number of rotatable bonds is 11. The van der Waals surface area contributed by atoms with Crippen LogP contribution in [-0.4, -0.2) is 36.5 Å². The lowest BCUT2D eigenvalue weighted by Crippen LogP contribution is -2.47. The number of aromatic nitrogens is 1. The van der Waals surface area contributed by atoms with E-state index >= 15 is 0 Å². The number of hydrogen-bond acceptors (Lipinski definition) is 5. The number of anilines is 1. The Morgan fingerprint density at radius 3 is 2.16 bits per heavy atom. The number of aryl methyl sites for hydroxylation is 2. The average molecular weight is 624 g/mol. The quantitative estimate of drug-likeness (QED) is 0.181. The number of nitrogens with zero attached hydrogens (tertiary/aromatic N) is 4. The lowest BCUT2D eigenvalue weighted by molar-refractivity contribution is 0.138. The third-order valence-electron chi connectivity index (χ3n) is 8.35. The van der Waals surface area contributed by atoms with Gasteiger partial charge in [0.05, 0.1) is 22.0 Å². The highest BCUT2D eigenvalue weighted by atomic mass is 32.2. The summed E-state index contributed by atoms with van der Waals surface area (Å²) < 4.78 is 28.2. The lowest BCUT2D eigenvalue weighted by Gasteiger charge is -2.34. The molecule has 0 saturated carbocycles. The second-order valence-electron chi connectivity index (χ2n) is 12.6. The summed E-state index contributed by atoms with van der Waals surface area (Å²) in [7, 11) is -3.70. The van der Waals surface area contributed by atoms with Gasteiger partial charge in [0, 0.05) is 18.5 Å². The molecule has 1 aliphatic rings. The molecule has 5 rings (SSSR count). The van der Waals surface area contributed by atoms with Crippen molar-refractivity contribution in [3.8, 4) is 11.3 Å². The van der Waals surface area contributed by atoms with Gasteiger partial charge in [-0.1, -0.05) is 92.6 Å². The first-order chi connectivity index (χ1) is 21.4. The third-order valence-corrected chi connectivity index (χ3v) is 9.74. The van der Waals surface area contributed by atoms with E-state index in [2.05, 4.69) is 77.1 Å². The van der Waals surface area contributed by atoms with E-state index in [1.807, 2.05) is 25.1 Å². The van der Waals surface area contributed by atoms with Gasteiger partial charge in [0.15, 0.2) is 5.66 Å². The lowest BCUT2D eigenvalue weighted by atomic mass is 9.85. The van der Waals surface area contributed by atoms with Crippen molar-refractivity contribution in [2.24, 2.45) is 10.2 Å². The van der Waals surface area contributed by atoms with Crippen molar-refractivity contribution in [2.75, 3.05) is 11.3 Å². The number of carbonyl (C=O) groups excluding carboxylic acids is 1. The van der Waals surface area contributed by atoms with Crippen LogP contribution in [-0.2, 0) is 28.3 Å². The Kier molecular flexibility index (Phi) is 9.20. The van der Waals surface area contributed by atoms with Gasteiger partial charge in [-0.15, -0.1) is 0 Å². The van der Waals surface area contributed by atoms with Gasteiger partial charge < -0.3 is 0 Å². The number of azo groups is 1. The van der Waals surface area contributed by atoms with Gasteiger partial charge in [-0.3, -0.25) is 14.6 Å². The predicted octanol–water partition coefficient (Wildman–Crippen LogP) is 8.32. The maximum absolute atomic E-state index is 12.8. The molecule has 0 radical (unpaired) electrons. The van der Waals surface area contributed by atoms with E-state index in [0.29, 0.717) is 30.8 Å². The van der Waals surface area contributed by atoms with E-state index in [0.717, 1.165) is 29.7 Å². The Balaban J connectivity index is 1.24. The summed E-state index contributed by atoms with van der Waals surface area (Å²) >= 11 is 0. The fraction of sp³-hybridized carbons (Fsp3) is 0.333. The van der Waals surface area contributed by atoms with Crippen molar-refractivity contribution in [3.63, 3.8) is 0 Å². The molecule has 0 spiro atoms. The van der Waals surface area contributed by atoms with E-state index in [-0.39, 0.29) is 16.3 Å². The van der Waals surface area contributed by atoms with E-state index in [1.54, 1.807) is 48.2 Å². The standard InChI is InChI=1S/C36H41N5O3S/c1-6-41-34(42)38-40-36(41,25-28-16-20-30(21-17-28)35(3,4)5)24-10-11-27-14-18-29(19-15-27)33-23-22-32(26(2)37-33)39-45(43,44)31-12-8-7-9-13-31/h7-9,12-23,39H,6,10-11,24-25H2,1-5H3. The van der Waals surface area contributed by atoms with Crippen LogP contribution >= 0.6 is 0 Å². The van der Waals surface area contributed by atoms with Gasteiger partial charge in [0.25, 0.3) is 10.0 Å². The number of likely N-dealkylation sites (N-methyl/N-ethyl adjacent to an activating group) is 1. The molecule has 0 saturated heterocycles. The van der Waals surface area contributed by atoms with Crippen molar-refractivity contribution < 1.29 is 13.2 Å². The maximum Gasteiger partial charge on any atom is 0.363 e. The van der Waals surface area contributed by atoms with Crippen molar-refractivity contribution >= 4 is 21.7 Å². The third kappa shape index (κ3) is 7.31. The highest BCUT2D eigenvalue weighted by Gasteiger charge is 2.43. The molecule has 8 nitrogen and oxygen atoms in total. The first kappa shape index (κ1) is 32.0. The van der Waals surface area contributed by atoms with Crippen molar-refractivity contribution in [1.82, 2.24) is 9.88 Å². The van der Waals surface area contributed by atoms with Gasteiger partial charge in [0.1, 0.15) is 0 Å². The van der Waals surface area contributed by atoms with Crippen molar-refractivity contribution in [3.05, 3.63) is 113 Å². The summed E-state index contributed by atoms with van der Waals surface area (Å²) in [6.07, 6.45) is 3.01. The smallest absolute Gasteiger partial charge is 0.295 e. The number of pyridine rings is 1. The molecule has 45 heavy (non-hydrogen) atoms. The number of hydrogen-bond donors (Lipinski definition) is 1. The molecule has 2 amide bonds. The molecule has 234 valence electrons. The largest absolute Gasteiger partial charge is 0.363 e. The fourth-order valence-corrected chi connectivity index (χ4v) is 6.89. The highest BCUT2D eigenvalue weighted by molar-refractivity contribution is 7.92. The molecule has 0 aliphatic carbocycles. The van der Waals surface area contributed by atoms with Gasteiger partial charge in [-0.25, -0.2) is 13.2 Å². The first-order valence-electron chi connectivity index (χ1n) is 15.4. The number of carbonyl (C=O) groups is 1. The van der Waals surface area contributed by atoms with E-state index in [1.165, 1.54) is 11.1 Å². The van der Waals surface area contributed by atoms with Crippen molar-refractivity contribution in [2.45, 2.75) is 76.3 Å². The monoisotopic (exact) mass is 623 g/mol. The van der Waals surface area contributed by atoms with Crippen LogP contribution in [0.1, 0.15) is 62.9 Å². The SMILES string of the molecule is CCN1C(=O)N=NC1(CCCc1ccc(-c2ccc(NS(=O)(=O)c3ccccc3)c(C)n2)cc1)Cc1ccc(C(C)(C)C)cc1. The average Bonchev–Trinajstić information content (AvgIpc) is 3.33. The molecule has 3 aromatic carbocycles. The Bertz CT molecular complexity index is 1780. The van der Waals surface area contributed by atoms with E-state index < -0.39 is 15.7 Å². The van der Waals surface area contributed by atoms with Crippen LogP contribution in [0.4, 0.5) is 10.5 Å². The van der Waals surface area contributed by atoms with E-state index in [9.17, 15) is 13.2 Å². The number of amides is 2. The summed E-state index contributed by atoms with van der Waals surface area (Å²) in [4.78, 5) is 19.3. The van der Waals surface area contributed by atoms with Gasteiger partial charge in [-0.05, 0) is 79.5 Å². The zero-order chi connectivity index (χ0) is 32.2. The summed E-state index contributed by atoms with van der Waals surface area (Å²) in [6.45, 7) is 10.9. The minimum atomic E-state index is -3.70. The van der Waals surface area contributed by atoms with Gasteiger partial charge >= 0.3 is 6.03 Å². The van der Waals surface area contributed by atoms with Crippen LogP contribution in [0.5, 0.6) is 0 Å². The minimum absolute atomic E-state index is 0.0749. The zero-order valence-electron chi connectivity index (χ0n) is 26.6. The normalized spacial score (nSPS) is 16.7. The number of urea groups is 1. The second kappa shape index (κ2) is 12.9. The van der Waals surface area contributed by atoms with Crippen LogP contribution in [0, 0.1) is 6.92 Å². The fourth-order valence-electron chi connectivity index (χ4n) is 5.76. The predicted molar refractivity (Wildman–Crippen MR) is 179 cm³/mol. The van der Waals surface area contributed by atoms with Crippen LogP contribution in [0.25, 0.3) is 11.3 Å². The summed E-state index contributed by atoms with van der Waals surface area (Å²) in [5.41, 5.74) is 5.73. The summed E-state index contributed by atoms with van der Waals surface area (Å²) in [6, 6.07) is 28.5. The Hall–Kier alpha value is -4.37. The summed E-state index contributed by atoms with van der Waals surface area (Å²) in [5.74, 6) is 0. The number of nitrogens with one attached hydrogen (secondary N) is 1. The Morgan fingerprint density at radius 2 is 1.53 bits per heavy atom.